The van der Waals surface area contributed by atoms with Crippen molar-refractivity contribution in [3.05, 3.63) is 11.5 Å². The largest absolute Gasteiger partial charge is 0.343 e. The molecule has 0 bridgehead atoms. The second-order valence-electron chi connectivity index (χ2n) is 7.09. The quantitative estimate of drug-likeness (QED) is 0.761. The van der Waals surface area contributed by atoms with Crippen LogP contribution in [0.3, 0.4) is 0 Å². The van der Waals surface area contributed by atoms with Crippen molar-refractivity contribution in [1.82, 2.24) is 9.80 Å². The molecule has 0 aliphatic carbocycles. The highest BCUT2D eigenvalue weighted by molar-refractivity contribution is 7.94. The van der Waals surface area contributed by atoms with E-state index in [-0.39, 0.29) is 35.3 Å². The zero-order chi connectivity index (χ0) is 16.7. The van der Waals surface area contributed by atoms with Crippen LogP contribution < -0.4 is 0 Å². The van der Waals surface area contributed by atoms with E-state index in [2.05, 4.69) is 0 Å². The van der Waals surface area contributed by atoms with Crippen LogP contribution in [0.5, 0.6) is 0 Å². The lowest BCUT2D eigenvalue weighted by Gasteiger charge is -2.39. The Morgan fingerprint density at radius 2 is 2.04 bits per heavy atom. The monoisotopic (exact) mass is 340 g/mol. The van der Waals surface area contributed by atoms with Gasteiger partial charge in [-0.05, 0) is 19.8 Å². The van der Waals surface area contributed by atoms with E-state index in [1.165, 1.54) is 5.41 Å². The van der Waals surface area contributed by atoms with E-state index < -0.39 is 9.84 Å². The molecule has 0 radical (unpaired) electrons. The lowest BCUT2D eigenvalue weighted by molar-refractivity contribution is -0.134. The summed E-state index contributed by atoms with van der Waals surface area (Å²) in [6.45, 7) is 4.91. The molecule has 0 aromatic rings. The third-order valence-electron chi connectivity index (χ3n) is 5.40. The van der Waals surface area contributed by atoms with Gasteiger partial charge >= 0.3 is 0 Å². The van der Waals surface area contributed by atoms with Crippen molar-refractivity contribution in [2.75, 3.05) is 31.9 Å². The Hall–Kier alpha value is -1.37. The molecule has 3 rings (SSSR count). The zero-order valence-electron chi connectivity index (χ0n) is 13.5. The first-order valence-electron chi connectivity index (χ1n) is 8.29. The van der Waals surface area contributed by atoms with Crippen LogP contribution in [0.25, 0.3) is 0 Å². The third-order valence-corrected chi connectivity index (χ3v) is 6.87. The van der Waals surface area contributed by atoms with E-state index in [9.17, 15) is 18.0 Å². The fraction of sp³-hybridized carbons (Fsp3) is 0.750. The van der Waals surface area contributed by atoms with Crippen LogP contribution in [0.1, 0.15) is 32.6 Å². The van der Waals surface area contributed by atoms with Crippen molar-refractivity contribution < 1.29 is 18.0 Å². The maximum absolute atomic E-state index is 12.4. The zero-order valence-corrected chi connectivity index (χ0v) is 14.3. The summed E-state index contributed by atoms with van der Waals surface area (Å²) < 4.78 is 22.8. The van der Waals surface area contributed by atoms with Crippen LogP contribution in [0.15, 0.2) is 11.5 Å². The molecule has 0 saturated carbocycles. The van der Waals surface area contributed by atoms with E-state index >= 15 is 0 Å². The number of hydrogen-bond donors (Lipinski definition) is 0. The number of nitrogens with zero attached hydrogens (tertiary/aromatic N) is 2. The highest BCUT2D eigenvalue weighted by Gasteiger charge is 2.44. The topological polar surface area (TPSA) is 74.8 Å². The predicted octanol–water partition coefficient (Wildman–Crippen LogP) is 0.796. The molecular formula is C16H24N2O4S. The first-order chi connectivity index (χ1) is 10.8. The number of rotatable bonds is 3. The number of piperidine rings is 1. The van der Waals surface area contributed by atoms with Crippen molar-refractivity contribution in [3.8, 4) is 0 Å². The van der Waals surface area contributed by atoms with Gasteiger partial charge in [-0.15, -0.1) is 0 Å². The molecule has 3 heterocycles. The molecule has 2 saturated heterocycles. The van der Waals surface area contributed by atoms with Crippen molar-refractivity contribution in [1.29, 1.82) is 0 Å². The first kappa shape index (κ1) is 16.5. The summed E-state index contributed by atoms with van der Waals surface area (Å²) >= 11 is 0. The van der Waals surface area contributed by atoms with Crippen LogP contribution in [0.4, 0.5) is 0 Å². The Labute approximate surface area is 137 Å². The van der Waals surface area contributed by atoms with E-state index in [0.29, 0.717) is 19.5 Å². The van der Waals surface area contributed by atoms with E-state index in [1.807, 2.05) is 16.7 Å². The summed E-state index contributed by atoms with van der Waals surface area (Å²) in [6.07, 6.45) is 4.22. The molecule has 128 valence electrons. The Kier molecular flexibility index (Phi) is 4.25. The minimum absolute atomic E-state index is 0.0308. The fourth-order valence-corrected chi connectivity index (χ4v) is 5.35. The van der Waals surface area contributed by atoms with Gasteiger partial charge < -0.3 is 9.80 Å². The highest BCUT2D eigenvalue weighted by atomic mass is 32.2. The van der Waals surface area contributed by atoms with Crippen LogP contribution in [0, 0.1) is 11.3 Å². The first-order valence-corrected chi connectivity index (χ1v) is 10.0. The minimum atomic E-state index is -3.10. The van der Waals surface area contributed by atoms with Gasteiger partial charge in [0, 0.05) is 55.8 Å². The summed E-state index contributed by atoms with van der Waals surface area (Å²) in [5.74, 6) is 0.125. The average Bonchev–Trinajstić information content (AvgIpc) is 2.99. The molecule has 1 spiro atoms. The number of carbonyl (C=O) groups is 2. The smallest absolute Gasteiger partial charge is 0.223 e. The standard InChI is InChI=1S/C16H24N2O4S/c1-2-17-12-16(10-15(17)20)4-6-18(7-5-16)14(19)9-13-3-8-23(21,22)11-13/h3,8,13H,2,4-7,9-12H2,1H3/t13-/m1/s1. The van der Waals surface area contributed by atoms with Gasteiger partial charge in [-0.2, -0.15) is 0 Å². The van der Waals surface area contributed by atoms with E-state index in [4.69, 9.17) is 0 Å². The number of carbonyl (C=O) groups excluding carboxylic acids is 2. The lowest BCUT2D eigenvalue weighted by Crippen LogP contribution is -2.44. The van der Waals surface area contributed by atoms with Crippen molar-refractivity contribution >= 4 is 21.7 Å². The molecular weight excluding hydrogens is 316 g/mol. The van der Waals surface area contributed by atoms with Gasteiger partial charge in [-0.25, -0.2) is 8.42 Å². The number of sulfone groups is 1. The Morgan fingerprint density at radius 1 is 1.35 bits per heavy atom. The maximum atomic E-state index is 12.4. The lowest BCUT2D eigenvalue weighted by atomic mass is 9.77. The van der Waals surface area contributed by atoms with Crippen LogP contribution in [0.2, 0.25) is 0 Å². The second kappa shape index (κ2) is 5.92. The van der Waals surface area contributed by atoms with Crippen LogP contribution in [-0.2, 0) is 19.4 Å². The van der Waals surface area contributed by atoms with Crippen molar-refractivity contribution in [2.45, 2.75) is 32.6 Å². The molecule has 0 aromatic carbocycles. The molecule has 7 heteroatoms. The number of hydrogen-bond acceptors (Lipinski definition) is 4. The summed E-state index contributed by atoms with van der Waals surface area (Å²) in [4.78, 5) is 28.1. The Morgan fingerprint density at radius 3 is 2.57 bits per heavy atom. The number of amides is 2. The van der Waals surface area contributed by atoms with Crippen molar-refractivity contribution in [3.63, 3.8) is 0 Å². The number of allylic oxidation sites excluding steroid dienone is 1. The summed E-state index contributed by atoms with van der Waals surface area (Å²) in [5.41, 5.74) is 0.0421. The molecule has 3 aliphatic heterocycles. The average molecular weight is 340 g/mol. The van der Waals surface area contributed by atoms with Gasteiger partial charge in [-0.1, -0.05) is 6.08 Å². The molecule has 2 fully saturated rings. The van der Waals surface area contributed by atoms with E-state index in [0.717, 1.165) is 25.9 Å². The maximum Gasteiger partial charge on any atom is 0.223 e. The molecule has 6 nitrogen and oxygen atoms in total. The normalized spacial score (nSPS) is 28.7. The van der Waals surface area contributed by atoms with Gasteiger partial charge in [0.2, 0.25) is 11.8 Å². The molecule has 3 aliphatic rings. The van der Waals surface area contributed by atoms with Gasteiger partial charge in [0.15, 0.2) is 9.84 Å². The summed E-state index contributed by atoms with van der Waals surface area (Å²) in [5, 5.41) is 1.22. The van der Waals surface area contributed by atoms with Crippen molar-refractivity contribution in [2.24, 2.45) is 11.3 Å². The molecule has 23 heavy (non-hydrogen) atoms. The van der Waals surface area contributed by atoms with Gasteiger partial charge in [0.05, 0.1) is 5.75 Å². The van der Waals surface area contributed by atoms with Gasteiger partial charge in [-0.3, -0.25) is 9.59 Å². The Bertz CT molecular complexity index is 632. The number of likely N-dealkylation sites (tertiary alicyclic amines) is 2. The third kappa shape index (κ3) is 3.44. The predicted molar refractivity (Wildman–Crippen MR) is 86.2 cm³/mol. The van der Waals surface area contributed by atoms with Gasteiger partial charge in [0.1, 0.15) is 0 Å². The molecule has 1 atom stereocenters. The Balaban J connectivity index is 1.52. The fourth-order valence-electron chi connectivity index (χ4n) is 3.96. The van der Waals surface area contributed by atoms with E-state index in [1.54, 1.807) is 6.08 Å². The summed E-state index contributed by atoms with van der Waals surface area (Å²) in [6, 6.07) is 0. The molecule has 0 N–H and O–H groups in total. The second-order valence-corrected chi connectivity index (χ2v) is 9.02. The molecule has 0 unspecified atom stereocenters. The van der Waals surface area contributed by atoms with Gasteiger partial charge in [0.25, 0.3) is 0 Å². The molecule has 0 aromatic heterocycles. The van der Waals surface area contributed by atoms with Crippen LogP contribution in [-0.4, -0.2) is 62.0 Å². The van der Waals surface area contributed by atoms with Crippen LogP contribution >= 0.6 is 0 Å². The highest BCUT2D eigenvalue weighted by Crippen LogP contribution is 2.41. The SMILES string of the molecule is CCN1CC2(CCN(C(=O)C[C@H]3C=CS(=O)(=O)C3)CC2)CC1=O. The molecule has 2 amide bonds. The summed E-state index contributed by atoms with van der Waals surface area (Å²) in [7, 11) is -3.10. The minimum Gasteiger partial charge on any atom is -0.343 e.